The molecule has 0 heterocycles. The number of benzene rings is 1. The fourth-order valence-corrected chi connectivity index (χ4v) is 2.44. The summed E-state index contributed by atoms with van der Waals surface area (Å²) in [5, 5.41) is 11.6. The number of nitrogens with one attached hydrogen (secondary N) is 1. The molecular formula is C14H17NO3. The Morgan fingerprint density at radius 1 is 1.44 bits per heavy atom. The van der Waals surface area contributed by atoms with E-state index >= 15 is 0 Å². The van der Waals surface area contributed by atoms with Crippen LogP contribution in [0.5, 0.6) is 0 Å². The molecule has 1 aliphatic rings. The summed E-state index contributed by atoms with van der Waals surface area (Å²) in [7, 11) is 0. The molecule has 1 amide bonds. The van der Waals surface area contributed by atoms with E-state index < -0.39 is 12.0 Å². The lowest BCUT2D eigenvalue weighted by atomic mass is 10.00. The van der Waals surface area contributed by atoms with E-state index in [1.807, 2.05) is 24.3 Å². The molecular weight excluding hydrogens is 230 g/mol. The second-order valence-electron chi connectivity index (χ2n) is 4.60. The Balaban J connectivity index is 2.10. The average molecular weight is 247 g/mol. The molecule has 2 N–H and O–H groups in total. The summed E-state index contributed by atoms with van der Waals surface area (Å²) in [6.07, 6.45) is 2.05. The van der Waals surface area contributed by atoms with E-state index in [0.29, 0.717) is 6.42 Å². The molecule has 0 saturated carbocycles. The number of rotatable bonds is 4. The fraction of sp³-hybridized carbons (Fsp3) is 0.429. The van der Waals surface area contributed by atoms with E-state index in [4.69, 9.17) is 5.11 Å². The van der Waals surface area contributed by atoms with Gasteiger partial charge in [-0.05, 0) is 30.4 Å². The molecule has 18 heavy (non-hydrogen) atoms. The van der Waals surface area contributed by atoms with Crippen molar-refractivity contribution in [3.63, 3.8) is 0 Å². The molecule has 4 nitrogen and oxygen atoms in total. The Morgan fingerprint density at radius 2 is 2.17 bits per heavy atom. The summed E-state index contributed by atoms with van der Waals surface area (Å²) >= 11 is 0. The van der Waals surface area contributed by atoms with E-state index in [-0.39, 0.29) is 11.8 Å². The SMILES string of the molecule is CCC(NC(=O)C1CCc2ccccc21)C(=O)O. The van der Waals surface area contributed by atoms with Gasteiger partial charge in [-0.3, -0.25) is 4.79 Å². The first-order valence-electron chi connectivity index (χ1n) is 6.24. The topological polar surface area (TPSA) is 66.4 Å². The maximum absolute atomic E-state index is 12.1. The van der Waals surface area contributed by atoms with Gasteiger partial charge in [0.05, 0.1) is 5.92 Å². The van der Waals surface area contributed by atoms with Crippen LogP contribution in [0.2, 0.25) is 0 Å². The summed E-state index contributed by atoms with van der Waals surface area (Å²) in [4.78, 5) is 23.0. The number of carbonyl (C=O) groups is 2. The van der Waals surface area contributed by atoms with Crippen LogP contribution in [0.3, 0.4) is 0 Å². The highest BCUT2D eigenvalue weighted by Crippen LogP contribution is 2.32. The minimum atomic E-state index is -0.975. The maximum Gasteiger partial charge on any atom is 0.326 e. The van der Waals surface area contributed by atoms with Crippen molar-refractivity contribution in [2.24, 2.45) is 0 Å². The van der Waals surface area contributed by atoms with Crippen LogP contribution in [0.4, 0.5) is 0 Å². The molecule has 1 aliphatic carbocycles. The van der Waals surface area contributed by atoms with E-state index in [1.165, 1.54) is 5.56 Å². The number of hydrogen-bond donors (Lipinski definition) is 2. The van der Waals surface area contributed by atoms with Gasteiger partial charge in [-0.2, -0.15) is 0 Å². The third-order valence-electron chi connectivity index (χ3n) is 3.47. The number of hydrogen-bond acceptors (Lipinski definition) is 2. The van der Waals surface area contributed by atoms with Crippen molar-refractivity contribution in [1.82, 2.24) is 5.32 Å². The number of fused-ring (bicyclic) bond motifs is 1. The Labute approximate surface area is 106 Å². The first-order chi connectivity index (χ1) is 8.63. The van der Waals surface area contributed by atoms with Crippen molar-refractivity contribution in [1.29, 1.82) is 0 Å². The second kappa shape index (κ2) is 5.21. The van der Waals surface area contributed by atoms with Gasteiger partial charge in [0.25, 0.3) is 0 Å². The quantitative estimate of drug-likeness (QED) is 0.851. The molecule has 0 aliphatic heterocycles. The molecule has 2 atom stereocenters. The van der Waals surface area contributed by atoms with Gasteiger partial charge in [0, 0.05) is 0 Å². The predicted molar refractivity (Wildman–Crippen MR) is 67.4 cm³/mol. The number of aliphatic carboxylic acids is 1. The van der Waals surface area contributed by atoms with Crippen molar-refractivity contribution in [3.8, 4) is 0 Å². The van der Waals surface area contributed by atoms with Crippen molar-refractivity contribution >= 4 is 11.9 Å². The Hall–Kier alpha value is -1.84. The largest absolute Gasteiger partial charge is 0.480 e. The van der Waals surface area contributed by atoms with Crippen LogP contribution in [0.25, 0.3) is 0 Å². The van der Waals surface area contributed by atoms with Crippen LogP contribution in [0.1, 0.15) is 36.8 Å². The average Bonchev–Trinajstić information content (AvgIpc) is 2.79. The molecule has 0 bridgehead atoms. The lowest BCUT2D eigenvalue weighted by molar-refractivity contribution is -0.142. The maximum atomic E-state index is 12.1. The van der Waals surface area contributed by atoms with Crippen molar-refractivity contribution in [2.75, 3.05) is 0 Å². The van der Waals surface area contributed by atoms with Crippen LogP contribution >= 0.6 is 0 Å². The van der Waals surface area contributed by atoms with Crippen LogP contribution in [-0.4, -0.2) is 23.0 Å². The van der Waals surface area contributed by atoms with Crippen LogP contribution in [-0.2, 0) is 16.0 Å². The molecule has 4 heteroatoms. The third kappa shape index (κ3) is 2.37. The van der Waals surface area contributed by atoms with Crippen molar-refractivity contribution < 1.29 is 14.7 Å². The number of carboxylic acids is 1. The number of carbonyl (C=O) groups excluding carboxylic acids is 1. The van der Waals surface area contributed by atoms with Gasteiger partial charge in [0.15, 0.2) is 0 Å². The van der Waals surface area contributed by atoms with Gasteiger partial charge < -0.3 is 10.4 Å². The van der Waals surface area contributed by atoms with E-state index in [2.05, 4.69) is 5.32 Å². The monoisotopic (exact) mass is 247 g/mol. The molecule has 0 radical (unpaired) electrons. The number of aryl methyl sites for hydroxylation is 1. The predicted octanol–water partition coefficient (Wildman–Crippen LogP) is 1.70. The minimum Gasteiger partial charge on any atom is -0.480 e. The second-order valence-corrected chi connectivity index (χ2v) is 4.60. The first kappa shape index (κ1) is 12.6. The zero-order chi connectivity index (χ0) is 13.1. The molecule has 2 rings (SSSR count). The zero-order valence-corrected chi connectivity index (χ0v) is 10.3. The summed E-state index contributed by atoms with van der Waals surface area (Å²) in [5.41, 5.74) is 2.23. The van der Waals surface area contributed by atoms with Gasteiger partial charge >= 0.3 is 5.97 Å². The highest BCUT2D eigenvalue weighted by Gasteiger charge is 2.30. The summed E-state index contributed by atoms with van der Waals surface area (Å²) < 4.78 is 0. The van der Waals surface area contributed by atoms with E-state index in [0.717, 1.165) is 18.4 Å². The summed E-state index contributed by atoms with van der Waals surface area (Å²) in [6.45, 7) is 1.75. The lowest BCUT2D eigenvalue weighted by Gasteiger charge is -2.16. The molecule has 0 spiro atoms. The standard InChI is InChI=1S/C14H17NO3/c1-2-12(14(17)18)15-13(16)11-8-7-9-5-3-4-6-10(9)11/h3-6,11-12H,2,7-8H2,1H3,(H,15,16)(H,17,18). The van der Waals surface area contributed by atoms with Crippen LogP contribution in [0.15, 0.2) is 24.3 Å². The Kier molecular flexibility index (Phi) is 3.65. The molecule has 1 aromatic carbocycles. The molecule has 96 valence electrons. The van der Waals surface area contributed by atoms with E-state index in [1.54, 1.807) is 6.92 Å². The summed E-state index contributed by atoms with van der Waals surface area (Å²) in [6, 6.07) is 7.07. The fourth-order valence-electron chi connectivity index (χ4n) is 2.44. The van der Waals surface area contributed by atoms with Crippen molar-refractivity contribution in [2.45, 2.75) is 38.1 Å². The molecule has 2 unspecified atom stereocenters. The lowest BCUT2D eigenvalue weighted by Crippen LogP contribution is -2.42. The molecule has 1 aromatic rings. The normalized spacial score (nSPS) is 19.1. The molecule has 0 aromatic heterocycles. The van der Waals surface area contributed by atoms with Gasteiger partial charge in [0.2, 0.25) is 5.91 Å². The number of carboxylic acid groups (broad SMARTS) is 1. The van der Waals surface area contributed by atoms with Gasteiger partial charge in [-0.15, -0.1) is 0 Å². The van der Waals surface area contributed by atoms with Gasteiger partial charge in [-0.25, -0.2) is 4.79 Å². The summed E-state index contributed by atoms with van der Waals surface area (Å²) in [5.74, 6) is -1.35. The highest BCUT2D eigenvalue weighted by molar-refractivity contribution is 5.88. The third-order valence-corrected chi connectivity index (χ3v) is 3.47. The number of amides is 1. The van der Waals surface area contributed by atoms with Crippen LogP contribution < -0.4 is 5.32 Å². The smallest absolute Gasteiger partial charge is 0.326 e. The zero-order valence-electron chi connectivity index (χ0n) is 10.3. The van der Waals surface area contributed by atoms with Crippen molar-refractivity contribution in [3.05, 3.63) is 35.4 Å². The first-order valence-corrected chi connectivity index (χ1v) is 6.24. The van der Waals surface area contributed by atoms with Gasteiger partial charge in [0.1, 0.15) is 6.04 Å². The minimum absolute atomic E-state index is 0.172. The van der Waals surface area contributed by atoms with Crippen LogP contribution in [0, 0.1) is 0 Å². The Bertz CT molecular complexity index is 470. The Morgan fingerprint density at radius 3 is 2.83 bits per heavy atom. The molecule has 0 fully saturated rings. The highest BCUT2D eigenvalue weighted by atomic mass is 16.4. The molecule has 0 saturated heterocycles. The van der Waals surface area contributed by atoms with E-state index in [9.17, 15) is 9.59 Å². The van der Waals surface area contributed by atoms with Gasteiger partial charge in [-0.1, -0.05) is 31.2 Å².